The molecule has 25 heavy (non-hydrogen) atoms. The highest BCUT2D eigenvalue weighted by Gasteiger charge is 2.31. The number of morpholine rings is 1. The van der Waals surface area contributed by atoms with Crippen LogP contribution in [-0.4, -0.2) is 50.3 Å². The number of aromatic amines is 1. The molecule has 1 aliphatic carbocycles. The van der Waals surface area contributed by atoms with Gasteiger partial charge in [-0.25, -0.2) is 4.98 Å². The monoisotopic (exact) mass is 343 g/mol. The number of carbonyl (C=O) groups excluding carboxylic acids is 1. The van der Waals surface area contributed by atoms with Gasteiger partial charge in [-0.3, -0.25) is 9.89 Å². The Balaban J connectivity index is 1.52. The van der Waals surface area contributed by atoms with Crippen LogP contribution in [-0.2, 0) is 11.3 Å². The highest BCUT2D eigenvalue weighted by Crippen LogP contribution is 2.32. The van der Waals surface area contributed by atoms with Crippen molar-refractivity contribution in [2.45, 2.75) is 46.3 Å². The van der Waals surface area contributed by atoms with Crippen molar-refractivity contribution in [1.82, 2.24) is 24.6 Å². The van der Waals surface area contributed by atoms with Gasteiger partial charge in [0.15, 0.2) is 5.82 Å². The van der Waals surface area contributed by atoms with Gasteiger partial charge in [0.2, 0.25) is 0 Å². The number of H-pyrrole nitrogens is 1. The molecule has 0 spiro atoms. The van der Waals surface area contributed by atoms with Crippen molar-refractivity contribution in [1.29, 1.82) is 0 Å². The number of nitrogens with zero attached hydrogens (tertiary/aromatic N) is 4. The van der Waals surface area contributed by atoms with Gasteiger partial charge in [0.1, 0.15) is 11.9 Å². The lowest BCUT2D eigenvalue weighted by Gasteiger charge is -2.31. The number of amides is 1. The Kier molecular flexibility index (Phi) is 4.11. The van der Waals surface area contributed by atoms with E-state index in [0.717, 1.165) is 29.5 Å². The lowest BCUT2D eigenvalue weighted by atomic mass is 10.2. The normalized spacial score (nSPS) is 20.9. The van der Waals surface area contributed by atoms with E-state index in [1.165, 1.54) is 18.5 Å². The number of hydrogen-bond donors (Lipinski definition) is 1. The molecule has 7 nitrogen and oxygen atoms in total. The Morgan fingerprint density at radius 1 is 1.36 bits per heavy atom. The van der Waals surface area contributed by atoms with Gasteiger partial charge in [0.25, 0.3) is 5.91 Å². The lowest BCUT2D eigenvalue weighted by molar-refractivity contribution is -0.0267. The van der Waals surface area contributed by atoms with Crippen molar-refractivity contribution in [3.05, 3.63) is 34.7 Å². The summed E-state index contributed by atoms with van der Waals surface area (Å²) in [6, 6.07) is 2.03. The molecule has 2 aromatic heterocycles. The summed E-state index contributed by atoms with van der Waals surface area (Å²) in [6.45, 7) is 8.63. The van der Waals surface area contributed by atoms with Crippen LogP contribution in [0.4, 0.5) is 0 Å². The van der Waals surface area contributed by atoms with E-state index >= 15 is 0 Å². The maximum atomic E-state index is 13.1. The molecule has 1 saturated heterocycles. The fourth-order valence-corrected chi connectivity index (χ4v) is 3.52. The molecule has 1 saturated carbocycles. The number of aromatic nitrogens is 4. The number of ether oxygens (including phenoxy) is 1. The van der Waals surface area contributed by atoms with E-state index in [2.05, 4.69) is 33.6 Å². The van der Waals surface area contributed by atoms with Gasteiger partial charge < -0.3 is 14.2 Å². The predicted molar refractivity (Wildman–Crippen MR) is 92.3 cm³/mol. The maximum absolute atomic E-state index is 13.1. The van der Waals surface area contributed by atoms with Crippen LogP contribution in [0.3, 0.4) is 0 Å². The average Bonchev–Trinajstić information content (AvgIpc) is 3.27. The predicted octanol–water partition coefficient (Wildman–Crippen LogP) is 2.16. The number of nitrogens with one attached hydrogen (secondary N) is 1. The third-order valence-corrected chi connectivity index (χ3v) is 5.20. The minimum Gasteiger partial charge on any atom is -0.366 e. The molecule has 0 radical (unpaired) electrons. The Labute approximate surface area is 147 Å². The zero-order valence-corrected chi connectivity index (χ0v) is 15.1. The third kappa shape index (κ3) is 3.20. The van der Waals surface area contributed by atoms with Crippen molar-refractivity contribution in [3.63, 3.8) is 0 Å². The van der Waals surface area contributed by atoms with E-state index in [1.54, 1.807) is 0 Å². The smallest absolute Gasteiger partial charge is 0.255 e. The Hall–Kier alpha value is -2.15. The summed E-state index contributed by atoms with van der Waals surface area (Å²) in [4.78, 5) is 19.3. The van der Waals surface area contributed by atoms with Crippen LogP contribution in [0, 0.1) is 26.7 Å². The molecule has 7 heteroatoms. The van der Waals surface area contributed by atoms with Gasteiger partial charge in [-0.1, -0.05) is 0 Å². The molecule has 1 N–H and O–H groups in total. The second-order valence-electron chi connectivity index (χ2n) is 7.23. The first-order valence-electron chi connectivity index (χ1n) is 8.99. The van der Waals surface area contributed by atoms with E-state index in [9.17, 15) is 4.79 Å². The SMILES string of the molecule is Cc1nc(C2CN(C(=O)c3cc(C)n(CC4CC4)c3C)CCO2)n[nH]1. The second-order valence-corrected chi connectivity index (χ2v) is 7.23. The highest BCUT2D eigenvalue weighted by atomic mass is 16.5. The summed E-state index contributed by atoms with van der Waals surface area (Å²) in [5, 5.41) is 7.02. The minimum absolute atomic E-state index is 0.0794. The molecular weight excluding hydrogens is 318 g/mol. The highest BCUT2D eigenvalue weighted by molar-refractivity contribution is 5.95. The summed E-state index contributed by atoms with van der Waals surface area (Å²) in [5.41, 5.74) is 3.05. The molecule has 4 rings (SSSR count). The molecule has 1 aliphatic heterocycles. The van der Waals surface area contributed by atoms with E-state index in [4.69, 9.17) is 4.74 Å². The Morgan fingerprint density at radius 2 is 2.16 bits per heavy atom. The fourth-order valence-electron chi connectivity index (χ4n) is 3.52. The van der Waals surface area contributed by atoms with E-state index in [-0.39, 0.29) is 12.0 Å². The first kappa shape index (κ1) is 16.3. The first-order chi connectivity index (χ1) is 12.0. The van der Waals surface area contributed by atoms with Crippen LogP contribution < -0.4 is 0 Å². The van der Waals surface area contributed by atoms with Crippen molar-refractivity contribution in [2.24, 2.45) is 5.92 Å². The van der Waals surface area contributed by atoms with E-state index in [1.807, 2.05) is 17.9 Å². The standard InChI is InChI=1S/C18H25N5O2/c1-11-8-15(12(2)23(11)9-14-4-5-14)18(24)22-6-7-25-16(10-22)17-19-13(3)20-21-17/h8,14,16H,4-7,9-10H2,1-3H3,(H,19,20,21). The van der Waals surface area contributed by atoms with Crippen LogP contribution in [0.5, 0.6) is 0 Å². The minimum atomic E-state index is -0.266. The van der Waals surface area contributed by atoms with Crippen molar-refractivity contribution >= 4 is 5.91 Å². The topological polar surface area (TPSA) is 76.0 Å². The number of aryl methyl sites for hydroxylation is 2. The zero-order valence-electron chi connectivity index (χ0n) is 15.1. The number of rotatable bonds is 4. The van der Waals surface area contributed by atoms with Crippen LogP contribution in [0.15, 0.2) is 6.07 Å². The molecule has 3 heterocycles. The van der Waals surface area contributed by atoms with E-state index in [0.29, 0.717) is 25.5 Å². The summed E-state index contributed by atoms with van der Waals surface area (Å²) in [6.07, 6.45) is 2.35. The largest absolute Gasteiger partial charge is 0.366 e. The van der Waals surface area contributed by atoms with Crippen molar-refractivity contribution in [3.8, 4) is 0 Å². The summed E-state index contributed by atoms with van der Waals surface area (Å²) in [5.74, 6) is 2.24. The Morgan fingerprint density at radius 3 is 2.84 bits per heavy atom. The number of hydrogen-bond acceptors (Lipinski definition) is 4. The molecule has 2 fully saturated rings. The molecule has 0 aromatic carbocycles. The van der Waals surface area contributed by atoms with Gasteiger partial charge in [0, 0.05) is 24.5 Å². The molecule has 1 amide bonds. The third-order valence-electron chi connectivity index (χ3n) is 5.20. The molecule has 1 unspecified atom stereocenters. The fraction of sp³-hybridized carbons (Fsp3) is 0.611. The van der Waals surface area contributed by atoms with Gasteiger partial charge in [-0.05, 0) is 45.6 Å². The Bertz CT molecular complexity index is 789. The van der Waals surface area contributed by atoms with Crippen molar-refractivity contribution in [2.75, 3.05) is 19.7 Å². The maximum Gasteiger partial charge on any atom is 0.255 e. The van der Waals surface area contributed by atoms with Crippen molar-refractivity contribution < 1.29 is 9.53 Å². The summed E-state index contributed by atoms with van der Waals surface area (Å²) in [7, 11) is 0. The van der Waals surface area contributed by atoms with E-state index < -0.39 is 0 Å². The molecule has 1 atom stereocenters. The van der Waals surface area contributed by atoms with Gasteiger partial charge in [-0.2, -0.15) is 5.10 Å². The molecule has 2 aliphatic rings. The van der Waals surface area contributed by atoms with Gasteiger partial charge >= 0.3 is 0 Å². The van der Waals surface area contributed by atoms with Gasteiger partial charge in [0.05, 0.1) is 18.7 Å². The number of carbonyl (C=O) groups is 1. The summed E-state index contributed by atoms with van der Waals surface area (Å²) >= 11 is 0. The van der Waals surface area contributed by atoms with Crippen LogP contribution in [0.25, 0.3) is 0 Å². The second kappa shape index (κ2) is 6.29. The molecule has 134 valence electrons. The average molecular weight is 343 g/mol. The van der Waals surface area contributed by atoms with Crippen LogP contribution in [0.1, 0.15) is 52.3 Å². The molecule has 2 aromatic rings. The van der Waals surface area contributed by atoms with Crippen LogP contribution >= 0.6 is 0 Å². The van der Waals surface area contributed by atoms with Gasteiger partial charge in [-0.15, -0.1) is 0 Å². The quantitative estimate of drug-likeness (QED) is 0.923. The van der Waals surface area contributed by atoms with Crippen LogP contribution in [0.2, 0.25) is 0 Å². The first-order valence-corrected chi connectivity index (χ1v) is 8.99. The zero-order chi connectivity index (χ0) is 17.6. The molecule has 0 bridgehead atoms. The lowest BCUT2D eigenvalue weighted by Crippen LogP contribution is -2.42. The molecular formula is C18H25N5O2. The summed E-state index contributed by atoms with van der Waals surface area (Å²) < 4.78 is 8.06.